The summed E-state index contributed by atoms with van der Waals surface area (Å²) in [4.78, 5) is 24.2. The smallest absolute Gasteiger partial charge is 0.326 e. The van der Waals surface area contributed by atoms with Crippen molar-refractivity contribution >= 4 is 11.9 Å². The summed E-state index contributed by atoms with van der Waals surface area (Å²) in [6.45, 7) is 2.14. The zero-order valence-corrected chi connectivity index (χ0v) is 8.84. The molecule has 0 radical (unpaired) electrons. The Hall–Kier alpha value is -1.85. The van der Waals surface area contributed by atoms with Gasteiger partial charge in [-0.05, 0) is 19.8 Å². The van der Waals surface area contributed by atoms with Crippen LogP contribution in [0.2, 0.25) is 0 Å². The molecule has 1 atom stereocenters. The molecule has 1 saturated heterocycles. The van der Waals surface area contributed by atoms with Crippen molar-refractivity contribution in [1.29, 1.82) is 0 Å². The number of rotatable bonds is 2. The lowest BCUT2D eigenvalue weighted by Gasteiger charge is -2.19. The normalized spacial score (nSPS) is 20.1. The van der Waals surface area contributed by atoms with Gasteiger partial charge in [-0.3, -0.25) is 4.79 Å². The van der Waals surface area contributed by atoms with Crippen LogP contribution in [0.1, 0.15) is 29.1 Å². The summed E-state index contributed by atoms with van der Waals surface area (Å²) in [6.07, 6.45) is 1.21. The highest BCUT2D eigenvalue weighted by molar-refractivity contribution is 5.95. The van der Waals surface area contributed by atoms with Gasteiger partial charge in [0.1, 0.15) is 11.8 Å². The summed E-state index contributed by atoms with van der Waals surface area (Å²) >= 11 is 0. The second-order valence-electron chi connectivity index (χ2n) is 3.82. The zero-order chi connectivity index (χ0) is 11.7. The average molecular weight is 224 g/mol. The van der Waals surface area contributed by atoms with E-state index in [0.717, 1.165) is 0 Å². The van der Waals surface area contributed by atoms with Crippen molar-refractivity contribution in [3.63, 3.8) is 0 Å². The summed E-state index contributed by atoms with van der Waals surface area (Å²) < 4.78 is 4.80. The Morgan fingerprint density at radius 1 is 1.62 bits per heavy atom. The number of carboxylic acids is 1. The molecule has 1 fully saturated rings. The maximum Gasteiger partial charge on any atom is 0.326 e. The summed E-state index contributed by atoms with van der Waals surface area (Å²) in [5.74, 6) is -0.803. The van der Waals surface area contributed by atoms with Crippen molar-refractivity contribution < 1.29 is 19.2 Å². The highest BCUT2D eigenvalue weighted by Gasteiger charge is 2.35. The van der Waals surface area contributed by atoms with Crippen LogP contribution >= 0.6 is 0 Å². The van der Waals surface area contributed by atoms with Crippen molar-refractivity contribution in [2.45, 2.75) is 25.8 Å². The number of aryl methyl sites for hydroxylation is 1. The molecule has 6 nitrogen and oxygen atoms in total. The minimum atomic E-state index is -0.967. The molecule has 86 valence electrons. The molecule has 0 unspecified atom stereocenters. The van der Waals surface area contributed by atoms with Crippen LogP contribution in [0.3, 0.4) is 0 Å². The van der Waals surface area contributed by atoms with Crippen molar-refractivity contribution in [2.75, 3.05) is 6.54 Å². The fourth-order valence-electron chi connectivity index (χ4n) is 1.88. The molecule has 0 saturated carbocycles. The minimum absolute atomic E-state index is 0.172. The molecule has 0 spiro atoms. The molecule has 0 aromatic carbocycles. The van der Waals surface area contributed by atoms with E-state index >= 15 is 0 Å². The third-order valence-electron chi connectivity index (χ3n) is 2.65. The molecular weight excluding hydrogens is 212 g/mol. The van der Waals surface area contributed by atoms with Gasteiger partial charge in [0.25, 0.3) is 5.91 Å². The van der Waals surface area contributed by atoms with E-state index in [0.29, 0.717) is 25.1 Å². The van der Waals surface area contributed by atoms with Crippen LogP contribution in [0.5, 0.6) is 0 Å². The maximum atomic E-state index is 11.9. The number of amides is 1. The van der Waals surface area contributed by atoms with Gasteiger partial charge >= 0.3 is 5.97 Å². The molecule has 0 aliphatic carbocycles. The Kier molecular flexibility index (Phi) is 2.64. The third kappa shape index (κ3) is 1.78. The van der Waals surface area contributed by atoms with Crippen LogP contribution in [-0.2, 0) is 4.79 Å². The van der Waals surface area contributed by atoms with Gasteiger partial charge in [-0.25, -0.2) is 4.79 Å². The molecule has 1 aromatic rings. The quantitative estimate of drug-likeness (QED) is 0.798. The molecular formula is C10H12N2O4. The lowest BCUT2D eigenvalue weighted by molar-refractivity contribution is -0.141. The number of carbonyl (C=O) groups is 2. The van der Waals surface area contributed by atoms with Crippen molar-refractivity contribution in [3.8, 4) is 0 Å². The molecule has 0 bridgehead atoms. The maximum absolute atomic E-state index is 11.9. The molecule has 6 heteroatoms. The predicted octanol–water partition coefficient (Wildman–Crippen LogP) is 0.672. The number of nitrogens with zero attached hydrogens (tertiary/aromatic N) is 2. The van der Waals surface area contributed by atoms with Crippen LogP contribution in [0.15, 0.2) is 10.6 Å². The van der Waals surface area contributed by atoms with Crippen LogP contribution in [-0.4, -0.2) is 39.6 Å². The number of aliphatic carboxylic acids is 1. The molecule has 2 rings (SSSR count). The number of carboxylic acid groups (broad SMARTS) is 1. The first-order chi connectivity index (χ1) is 7.59. The Balaban J connectivity index is 2.18. The second kappa shape index (κ2) is 3.96. The van der Waals surface area contributed by atoms with Crippen LogP contribution in [0.25, 0.3) is 0 Å². The fourth-order valence-corrected chi connectivity index (χ4v) is 1.88. The largest absolute Gasteiger partial charge is 0.480 e. The minimum Gasteiger partial charge on any atom is -0.480 e. The first-order valence-corrected chi connectivity index (χ1v) is 5.06. The molecule has 1 amide bonds. The highest BCUT2D eigenvalue weighted by atomic mass is 16.5. The topological polar surface area (TPSA) is 83.6 Å². The number of carbonyl (C=O) groups excluding carboxylic acids is 1. The number of likely N-dealkylation sites (tertiary alicyclic amines) is 1. The monoisotopic (exact) mass is 224 g/mol. The molecule has 1 aliphatic heterocycles. The van der Waals surface area contributed by atoms with Gasteiger partial charge < -0.3 is 14.5 Å². The first kappa shape index (κ1) is 10.7. The lowest BCUT2D eigenvalue weighted by atomic mass is 10.2. The van der Waals surface area contributed by atoms with E-state index in [4.69, 9.17) is 9.63 Å². The lowest BCUT2D eigenvalue weighted by Crippen LogP contribution is -2.40. The Labute approximate surface area is 91.8 Å². The van der Waals surface area contributed by atoms with Gasteiger partial charge in [0.05, 0.1) is 0 Å². The number of hydrogen-bond donors (Lipinski definition) is 1. The van der Waals surface area contributed by atoms with E-state index in [1.54, 1.807) is 6.92 Å². The van der Waals surface area contributed by atoms with Crippen LogP contribution in [0.4, 0.5) is 0 Å². The highest BCUT2D eigenvalue weighted by Crippen LogP contribution is 2.20. The molecule has 1 aliphatic rings. The van der Waals surface area contributed by atoms with E-state index in [-0.39, 0.29) is 11.6 Å². The summed E-state index contributed by atoms with van der Waals surface area (Å²) in [5, 5.41) is 12.5. The summed E-state index contributed by atoms with van der Waals surface area (Å²) in [7, 11) is 0. The van der Waals surface area contributed by atoms with Crippen molar-refractivity contribution in [1.82, 2.24) is 10.1 Å². The summed E-state index contributed by atoms with van der Waals surface area (Å²) in [5.41, 5.74) is 0.172. The Morgan fingerprint density at radius 3 is 2.94 bits per heavy atom. The molecule has 1 aromatic heterocycles. The van der Waals surface area contributed by atoms with E-state index < -0.39 is 12.0 Å². The third-order valence-corrected chi connectivity index (χ3v) is 2.65. The van der Waals surface area contributed by atoms with Crippen LogP contribution < -0.4 is 0 Å². The van der Waals surface area contributed by atoms with E-state index in [2.05, 4.69) is 5.16 Å². The van der Waals surface area contributed by atoms with Gasteiger partial charge in [-0.1, -0.05) is 5.16 Å². The first-order valence-electron chi connectivity index (χ1n) is 5.06. The van der Waals surface area contributed by atoms with Gasteiger partial charge in [-0.15, -0.1) is 0 Å². The van der Waals surface area contributed by atoms with Gasteiger partial charge in [0.15, 0.2) is 5.69 Å². The predicted molar refractivity (Wildman–Crippen MR) is 52.9 cm³/mol. The Morgan fingerprint density at radius 2 is 2.38 bits per heavy atom. The zero-order valence-electron chi connectivity index (χ0n) is 8.84. The van der Waals surface area contributed by atoms with Gasteiger partial charge in [0, 0.05) is 12.6 Å². The second-order valence-corrected chi connectivity index (χ2v) is 3.82. The molecule has 16 heavy (non-hydrogen) atoms. The molecule has 1 N–H and O–H groups in total. The van der Waals surface area contributed by atoms with E-state index in [1.165, 1.54) is 11.0 Å². The SMILES string of the molecule is Cc1cc(C(=O)N2CCC[C@@H]2C(=O)O)no1. The van der Waals surface area contributed by atoms with Gasteiger partial charge in [-0.2, -0.15) is 0 Å². The van der Waals surface area contributed by atoms with Crippen LogP contribution in [0, 0.1) is 6.92 Å². The summed E-state index contributed by atoms with van der Waals surface area (Å²) in [6, 6.07) is 0.782. The number of aromatic nitrogens is 1. The number of hydrogen-bond acceptors (Lipinski definition) is 4. The van der Waals surface area contributed by atoms with Crippen molar-refractivity contribution in [3.05, 3.63) is 17.5 Å². The van der Waals surface area contributed by atoms with Crippen molar-refractivity contribution in [2.24, 2.45) is 0 Å². The average Bonchev–Trinajstić information content (AvgIpc) is 2.84. The Bertz CT molecular complexity index is 426. The van der Waals surface area contributed by atoms with Gasteiger partial charge in [0.2, 0.25) is 0 Å². The van der Waals surface area contributed by atoms with E-state index in [9.17, 15) is 9.59 Å². The molecule has 2 heterocycles. The standard InChI is InChI=1S/C10H12N2O4/c1-6-5-7(11-16-6)9(13)12-4-2-3-8(12)10(14)15/h5,8H,2-4H2,1H3,(H,14,15)/t8-/m1/s1. The van der Waals surface area contributed by atoms with E-state index in [1.807, 2.05) is 0 Å². The fraction of sp³-hybridized carbons (Fsp3) is 0.500.